The molecule has 0 saturated carbocycles. The van der Waals surface area contributed by atoms with Crippen molar-refractivity contribution in [2.45, 2.75) is 13.0 Å². The third kappa shape index (κ3) is 3.20. The first-order valence-electron chi connectivity index (χ1n) is 5.72. The molecule has 0 amide bonds. The van der Waals surface area contributed by atoms with E-state index in [1.807, 2.05) is 18.2 Å². The lowest BCUT2D eigenvalue weighted by Crippen LogP contribution is -2.09. The van der Waals surface area contributed by atoms with Crippen molar-refractivity contribution in [2.24, 2.45) is 0 Å². The van der Waals surface area contributed by atoms with Gasteiger partial charge in [0.25, 0.3) is 0 Å². The summed E-state index contributed by atoms with van der Waals surface area (Å²) in [4.78, 5) is 8.41. The lowest BCUT2D eigenvalue weighted by molar-refractivity contribution is 0.872. The minimum Gasteiger partial charge on any atom is -0.363 e. The van der Waals surface area contributed by atoms with E-state index >= 15 is 0 Å². The normalized spacial score (nSPS) is 11.9. The van der Waals surface area contributed by atoms with Gasteiger partial charge in [-0.3, -0.25) is 0 Å². The van der Waals surface area contributed by atoms with E-state index in [9.17, 15) is 0 Å². The molecule has 0 bridgehead atoms. The smallest absolute Gasteiger partial charge is 0.224 e. The molecule has 2 aromatic rings. The van der Waals surface area contributed by atoms with Crippen molar-refractivity contribution in [3.63, 3.8) is 0 Å². The molecule has 0 aliphatic carbocycles. The first kappa shape index (κ1) is 12.8. The molecule has 1 atom stereocenters. The van der Waals surface area contributed by atoms with Gasteiger partial charge in [-0.2, -0.15) is 4.98 Å². The summed E-state index contributed by atoms with van der Waals surface area (Å²) < 4.78 is 1.08. The van der Waals surface area contributed by atoms with E-state index in [-0.39, 0.29) is 6.04 Å². The Morgan fingerprint density at radius 2 is 1.89 bits per heavy atom. The minimum atomic E-state index is 0.192. The lowest BCUT2D eigenvalue weighted by Gasteiger charge is -2.15. The van der Waals surface area contributed by atoms with Crippen molar-refractivity contribution < 1.29 is 0 Å². The molecule has 2 rings (SSSR count). The fourth-order valence-corrected chi connectivity index (χ4v) is 1.88. The molecule has 94 valence electrons. The molecule has 1 heterocycles. The van der Waals surface area contributed by atoms with Crippen LogP contribution in [-0.2, 0) is 0 Å². The maximum absolute atomic E-state index is 4.33. The molecule has 0 radical (unpaired) electrons. The van der Waals surface area contributed by atoms with Gasteiger partial charge in [0.2, 0.25) is 5.95 Å². The standard InChI is InChI=1S/C13H15BrN4/c1-9(10-3-5-11(14)6-4-10)17-12-7-8-16-13(15-2)18-12/h3-9H,1-2H3,(H2,15,16,17,18). The Morgan fingerprint density at radius 3 is 2.56 bits per heavy atom. The van der Waals surface area contributed by atoms with Gasteiger partial charge in [-0.05, 0) is 30.7 Å². The molecule has 18 heavy (non-hydrogen) atoms. The summed E-state index contributed by atoms with van der Waals surface area (Å²) in [6, 6.07) is 10.3. The number of halogens is 1. The summed E-state index contributed by atoms with van der Waals surface area (Å²) >= 11 is 3.43. The number of hydrogen-bond donors (Lipinski definition) is 2. The molecule has 0 fully saturated rings. The topological polar surface area (TPSA) is 49.8 Å². The Labute approximate surface area is 115 Å². The Morgan fingerprint density at radius 1 is 1.17 bits per heavy atom. The first-order valence-corrected chi connectivity index (χ1v) is 6.51. The largest absolute Gasteiger partial charge is 0.363 e. The molecule has 0 aliphatic rings. The van der Waals surface area contributed by atoms with Crippen molar-refractivity contribution in [2.75, 3.05) is 17.7 Å². The third-order valence-electron chi connectivity index (χ3n) is 2.61. The molecule has 0 spiro atoms. The molecular formula is C13H15BrN4. The van der Waals surface area contributed by atoms with Crippen LogP contribution < -0.4 is 10.6 Å². The summed E-state index contributed by atoms with van der Waals surface area (Å²) in [6.45, 7) is 2.10. The zero-order valence-electron chi connectivity index (χ0n) is 10.3. The second-order valence-corrected chi connectivity index (χ2v) is 4.85. The van der Waals surface area contributed by atoms with Crippen molar-refractivity contribution in [3.05, 3.63) is 46.6 Å². The predicted molar refractivity (Wildman–Crippen MR) is 77.8 cm³/mol. The van der Waals surface area contributed by atoms with Crippen LogP contribution in [0.15, 0.2) is 41.0 Å². The van der Waals surface area contributed by atoms with Crippen LogP contribution in [0.25, 0.3) is 0 Å². The summed E-state index contributed by atoms with van der Waals surface area (Å²) in [5.74, 6) is 1.42. The number of nitrogens with one attached hydrogen (secondary N) is 2. The van der Waals surface area contributed by atoms with E-state index in [0.29, 0.717) is 5.95 Å². The van der Waals surface area contributed by atoms with Crippen LogP contribution in [0.1, 0.15) is 18.5 Å². The molecule has 5 heteroatoms. The maximum Gasteiger partial charge on any atom is 0.224 e. The number of anilines is 2. The van der Waals surface area contributed by atoms with Gasteiger partial charge in [0.05, 0.1) is 0 Å². The summed E-state index contributed by atoms with van der Waals surface area (Å²) in [7, 11) is 1.80. The zero-order valence-corrected chi connectivity index (χ0v) is 11.9. The Hall–Kier alpha value is -1.62. The minimum absolute atomic E-state index is 0.192. The van der Waals surface area contributed by atoms with Crippen LogP contribution in [0.5, 0.6) is 0 Å². The number of rotatable bonds is 4. The second kappa shape index (κ2) is 5.82. The van der Waals surface area contributed by atoms with E-state index < -0.39 is 0 Å². The zero-order chi connectivity index (χ0) is 13.0. The van der Waals surface area contributed by atoms with Gasteiger partial charge in [0.15, 0.2) is 0 Å². The highest BCUT2D eigenvalue weighted by Crippen LogP contribution is 2.20. The van der Waals surface area contributed by atoms with Gasteiger partial charge < -0.3 is 10.6 Å². The molecular weight excluding hydrogens is 292 g/mol. The summed E-state index contributed by atoms with van der Waals surface area (Å²) in [5.41, 5.74) is 1.21. The van der Waals surface area contributed by atoms with Crippen LogP contribution >= 0.6 is 15.9 Å². The highest BCUT2D eigenvalue weighted by molar-refractivity contribution is 9.10. The highest BCUT2D eigenvalue weighted by atomic mass is 79.9. The van der Waals surface area contributed by atoms with Crippen LogP contribution in [-0.4, -0.2) is 17.0 Å². The molecule has 4 nitrogen and oxygen atoms in total. The third-order valence-corrected chi connectivity index (χ3v) is 3.14. The van der Waals surface area contributed by atoms with Crippen molar-refractivity contribution >= 4 is 27.7 Å². The van der Waals surface area contributed by atoms with Gasteiger partial charge in [-0.15, -0.1) is 0 Å². The molecule has 1 aromatic carbocycles. The van der Waals surface area contributed by atoms with Gasteiger partial charge in [0.1, 0.15) is 5.82 Å². The summed E-state index contributed by atoms with van der Waals surface area (Å²) in [5, 5.41) is 6.27. The molecule has 2 N–H and O–H groups in total. The quantitative estimate of drug-likeness (QED) is 0.908. The van der Waals surface area contributed by atoms with Gasteiger partial charge in [0, 0.05) is 23.8 Å². The van der Waals surface area contributed by atoms with E-state index in [2.05, 4.69) is 55.6 Å². The molecule has 0 aliphatic heterocycles. The fraction of sp³-hybridized carbons (Fsp3) is 0.231. The molecule has 0 saturated heterocycles. The Bertz CT molecular complexity index is 513. The SMILES string of the molecule is CNc1nccc(NC(C)c2ccc(Br)cc2)n1. The van der Waals surface area contributed by atoms with Crippen molar-refractivity contribution in [1.29, 1.82) is 0 Å². The Balaban J connectivity index is 2.10. The number of benzene rings is 1. The monoisotopic (exact) mass is 306 g/mol. The van der Waals surface area contributed by atoms with Crippen molar-refractivity contribution in [3.8, 4) is 0 Å². The molecule has 1 unspecified atom stereocenters. The maximum atomic E-state index is 4.33. The van der Waals surface area contributed by atoms with Gasteiger partial charge in [-0.1, -0.05) is 28.1 Å². The number of nitrogens with zero attached hydrogens (tertiary/aromatic N) is 2. The van der Waals surface area contributed by atoms with Gasteiger partial charge in [-0.25, -0.2) is 4.98 Å². The van der Waals surface area contributed by atoms with Crippen LogP contribution in [0.3, 0.4) is 0 Å². The first-order chi connectivity index (χ1) is 8.69. The lowest BCUT2D eigenvalue weighted by atomic mass is 10.1. The van der Waals surface area contributed by atoms with Crippen LogP contribution in [0, 0.1) is 0 Å². The molecule has 1 aromatic heterocycles. The average molecular weight is 307 g/mol. The highest BCUT2D eigenvalue weighted by Gasteiger charge is 2.06. The van der Waals surface area contributed by atoms with Crippen LogP contribution in [0.2, 0.25) is 0 Å². The van der Waals surface area contributed by atoms with E-state index in [0.717, 1.165) is 10.3 Å². The average Bonchev–Trinajstić information content (AvgIpc) is 2.39. The van der Waals surface area contributed by atoms with Gasteiger partial charge >= 0.3 is 0 Å². The van der Waals surface area contributed by atoms with Crippen LogP contribution in [0.4, 0.5) is 11.8 Å². The van der Waals surface area contributed by atoms with E-state index in [1.54, 1.807) is 13.2 Å². The van der Waals surface area contributed by atoms with Crippen molar-refractivity contribution in [1.82, 2.24) is 9.97 Å². The van der Waals surface area contributed by atoms with E-state index in [4.69, 9.17) is 0 Å². The number of hydrogen-bond acceptors (Lipinski definition) is 4. The second-order valence-electron chi connectivity index (χ2n) is 3.93. The predicted octanol–water partition coefficient (Wildman–Crippen LogP) is 3.45. The summed E-state index contributed by atoms with van der Waals surface area (Å²) in [6.07, 6.45) is 1.73. The van der Waals surface area contributed by atoms with E-state index in [1.165, 1.54) is 5.56 Å². The fourth-order valence-electron chi connectivity index (χ4n) is 1.62. The number of aromatic nitrogens is 2. The Kier molecular flexibility index (Phi) is 4.15.